The van der Waals surface area contributed by atoms with Gasteiger partial charge in [0.1, 0.15) is 0 Å². The first-order valence-electron chi connectivity index (χ1n) is 6.19. The van der Waals surface area contributed by atoms with Crippen LogP contribution in [-0.4, -0.2) is 21.8 Å². The number of aliphatic imine (C=N–C) groups is 1. The summed E-state index contributed by atoms with van der Waals surface area (Å²) in [5.41, 5.74) is 2.14. The van der Waals surface area contributed by atoms with Gasteiger partial charge < -0.3 is 10.1 Å². The van der Waals surface area contributed by atoms with Crippen LogP contribution in [0.15, 0.2) is 65.8 Å². The highest BCUT2D eigenvalue weighted by Gasteiger charge is 2.16. The fraction of sp³-hybridized carbons (Fsp3) is 0. The third kappa shape index (κ3) is 2.19. The molecule has 0 saturated carbocycles. The fourth-order valence-electron chi connectivity index (χ4n) is 2.12. The van der Waals surface area contributed by atoms with Crippen molar-refractivity contribution >= 4 is 28.3 Å². The van der Waals surface area contributed by atoms with Crippen molar-refractivity contribution < 1.29 is 9.90 Å². The van der Waals surface area contributed by atoms with Crippen LogP contribution >= 0.6 is 0 Å². The summed E-state index contributed by atoms with van der Waals surface area (Å²) >= 11 is 0. The number of para-hydroxylation sites is 2. The summed E-state index contributed by atoms with van der Waals surface area (Å²) in [6.45, 7) is 0. The number of aliphatic carboxylic acids is 1. The van der Waals surface area contributed by atoms with Gasteiger partial charge >= 0.3 is 5.97 Å². The van der Waals surface area contributed by atoms with E-state index in [1.165, 1.54) is 0 Å². The Balaban J connectivity index is 2.17. The summed E-state index contributed by atoms with van der Waals surface area (Å²) in [5, 5.41) is 10.3. The minimum absolute atomic E-state index is 0.0358. The van der Waals surface area contributed by atoms with Crippen molar-refractivity contribution in [1.29, 1.82) is 0 Å². The number of aromatic amines is 1. The van der Waals surface area contributed by atoms with Crippen LogP contribution in [-0.2, 0) is 4.79 Å². The largest absolute Gasteiger partial charge is 0.476 e. The maximum atomic E-state index is 11.5. The minimum atomic E-state index is -1.04. The molecular formula is C16H12N2O2. The summed E-state index contributed by atoms with van der Waals surface area (Å²) in [7, 11) is 0. The van der Waals surface area contributed by atoms with Crippen LogP contribution in [0, 0.1) is 0 Å². The zero-order valence-electron chi connectivity index (χ0n) is 10.6. The second-order valence-electron chi connectivity index (χ2n) is 4.35. The molecule has 0 aliphatic heterocycles. The van der Waals surface area contributed by atoms with Crippen molar-refractivity contribution in [3.05, 3.63) is 66.4 Å². The molecule has 0 saturated heterocycles. The molecule has 4 heteroatoms. The van der Waals surface area contributed by atoms with Gasteiger partial charge in [-0.1, -0.05) is 36.4 Å². The highest BCUT2D eigenvalue weighted by molar-refractivity contribution is 6.45. The molecule has 0 amide bonds. The van der Waals surface area contributed by atoms with Crippen LogP contribution in [0.25, 0.3) is 10.9 Å². The van der Waals surface area contributed by atoms with E-state index in [0.29, 0.717) is 11.3 Å². The Bertz CT molecular complexity index is 788. The van der Waals surface area contributed by atoms with E-state index >= 15 is 0 Å². The van der Waals surface area contributed by atoms with Gasteiger partial charge in [0, 0.05) is 22.7 Å². The number of hydrogen-bond donors (Lipinski definition) is 2. The van der Waals surface area contributed by atoms with Crippen molar-refractivity contribution in [3.8, 4) is 0 Å². The van der Waals surface area contributed by atoms with Crippen LogP contribution in [0.4, 0.5) is 5.69 Å². The van der Waals surface area contributed by atoms with Crippen LogP contribution in [0.5, 0.6) is 0 Å². The Kier molecular flexibility index (Phi) is 3.05. The molecule has 1 aromatic heterocycles. The van der Waals surface area contributed by atoms with Gasteiger partial charge in [0.25, 0.3) is 0 Å². The smallest absolute Gasteiger partial charge is 0.355 e. The van der Waals surface area contributed by atoms with Crippen LogP contribution in [0.2, 0.25) is 0 Å². The summed E-state index contributed by atoms with van der Waals surface area (Å²) < 4.78 is 0. The number of nitrogens with zero attached hydrogens (tertiary/aromatic N) is 1. The molecule has 0 fully saturated rings. The van der Waals surface area contributed by atoms with Crippen LogP contribution < -0.4 is 0 Å². The van der Waals surface area contributed by atoms with Crippen molar-refractivity contribution in [1.82, 2.24) is 4.98 Å². The third-order valence-electron chi connectivity index (χ3n) is 3.04. The van der Waals surface area contributed by atoms with E-state index in [1.807, 2.05) is 42.5 Å². The second kappa shape index (κ2) is 5.01. The Morgan fingerprint density at radius 2 is 1.70 bits per heavy atom. The van der Waals surface area contributed by atoms with Gasteiger partial charge in [0.15, 0.2) is 5.71 Å². The second-order valence-corrected chi connectivity index (χ2v) is 4.35. The maximum Gasteiger partial charge on any atom is 0.355 e. The number of nitrogens with one attached hydrogen (secondary N) is 1. The highest BCUT2D eigenvalue weighted by Crippen LogP contribution is 2.21. The van der Waals surface area contributed by atoms with E-state index in [9.17, 15) is 9.90 Å². The lowest BCUT2D eigenvalue weighted by Crippen LogP contribution is -2.13. The Hall–Kier alpha value is -2.88. The standard InChI is InChI=1S/C16H12N2O2/c19-16(20)15(18-11-6-2-1-3-7-11)13-10-17-14-9-5-4-8-12(13)14/h1-10,17H,(H,19,20). The van der Waals surface area contributed by atoms with Gasteiger partial charge in [-0.2, -0.15) is 0 Å². The predicted octanol–water partition coefficient (Wildman–Crippen LogP) is 3.37. The van der Waals surface area contributed by atoms with Gasteiger partial charge in [0.2, 0.25) is 0 Å². The number of H-pyrrole nitrogens is 1. The van der Waals surface area contributed by atoms with Gasteiger partial charge in [-0.05, 0) is 18.2 Å². The molecule has 1 heterocycles. The SMILES string of the molecule is O=C(O)C(=Nc1ccccc1)c1c[nH]c2ccccc12. The minimum Gasteiger partial charge on any atom is -0.476 e. The molecule has 0 bridgehead atoms. The molecule has 0 radical (unpaired) electrons. The molecule has 0 aliphatic rings. The molecule has 3 rings (SSSR count). The van der Waals surface area contributed by atoms with Gasteiger partial charge in [-0.15, -0.1) is 0 Å². The first kappa shape index (κ1) is 12.2. The van der Waals surface area contributed by atoms with E-state index in [-0.39, 0.29) is 5.71 Å². The number of benzene rings is 2. The number of aromatic nitrogens is 1. The molecule has 98 valence electrons. The zero-order valence-corrected chi connectivity index (χ0v) is 10.6. The topological polar surface area (TPSA) is 65.4 Å². The van der Waals surface area contributed by atoms with Crippen molar-refractivity contribution in [2.24, 2.45) is 4.99 Å². The maximum absolute atomic E-state index is 11.5. The summed E-state index contributed by atoms with van der Waals surface area (Å²) in [6.07, 6.45) is 1.68. The highest BCUT2D eigenvalue weighted by atomic mass is 16.4. The Morgan fingerprint density at radius 3 is 2.45 bits per heavy atom. The van der Waals surface area contributed by atoms with Gasteiger partial charge in [-0.3, -0.25) is 0 Å². The molecule has 0 aliphatic carbocycles. The molecule has 0 atom stereocenters. The van der Waals surface area contributed by atoms with Crippen molar-refractivity contribution in [3.63, 3.8) is 0 Å². The monoisotopic (exact) mass is 264 g/mol. The summed E-state index contributed by atoms with van der Waals surface area (Å²) in [5.74, 6) is -1.04. The number of rotatable bonds is 3. The predicted molar refractivity (Wildman–Crippen MR) is 78.6 cm³/mol. The number of carboxylic acids is 1. The molecule has 0 spiro atoms. The summed E-state index contributed by atoms with van der Waals surface area (Å²) in [6, 6.07) is 16.6. The average Bonchev–Trinajstić information content (AvgIpc) is 2.89. The van der Waals surface area contributed by atoms with Gasteiger partial charge in [0.05, 0.1) is 5.69 Å². The van der Waals surface area contributed by atoms with E-state index in [0.717, 1.165) is 10.9 Å². The number of carbonyl (C=O) groups is 1. The molecule has 2 aromatic carbocycles. The van der Waals surface area contributed by atoms with E-state index in [4.69, 9.17) is 0 Å². The van der Waals surface area contributed by atoms with Crippen LogP contribution in [0.1, 0.15) is 5.56 Å². The first-order valence-corrected chi connectivity index (χ1v) is 6.19. The van der Waals surface area contributed by atoms with Crippen LogP contribution in [0.3, 0.4) is 0 Å². The normalized spacial score (nSPS) is 11.7. The molecule has 3 aromatic rings. The fourth-order valence-corrected chi connectivity index (χ4v) is 2.12. The number of carboxylic acid groups (broad SMARTS) is 1. The van der Waals surface area contributed by atoms with E-state index in [1.54, 1.807) is 18.3 Å². The van der Waals surface area contributed by atoms with E-state index in [2.05, 4.69) is 9.98 Å². The molecule has 4 nitrogen and oxygen atoms in total. The zero-order chi connectivity index (χ0) is 13.9. The molecular weight excluding hydrogens is 252 g/mol. The lowest BCUT2D eigenvalue weighted by atomic mass is 10.1. The quantitative estimate of drug-likeness (QED) is 0.712. The Labute approximate surface area is 115 Å². The third-order valence-corrected chi connectivity index (χ3v) is 3.04. The lowest BCUT2D eigenvalue weighted by molar-refractivity contribution is -0.129. The number of fused-ring (bicyclic) bond motifs is 1. The van der Waals surface area contributed by atoms with Crippen molar-refractivity contribution in [2.75, 3.05) is 0 Å². The Morgan fingerprint density at radius 1 is 1.00 bits per heavy atom. The van der Waals surface area contributed by atoms with Gasteiger partial charge in [-0.25, -0.2) is 9.79 Å². The molecule has 20 heavy (non-hydrogen) atoms. The van der Waals surface area contributed by atoms with E-state index < -0.39 is 5.97 Å². The molecule has 0 unspecified atom stereocenters. The van der Waals surface area contributed by atoms with Crippen molar-refractivity contribution in [2.45, 2.75) is 0 Å². The summed E-state index contributed by atoms with van der Waals surface area (Å²) in [4.78, 5) is 18.8. The number of hydrogen-bond acceptors (Lipinski definition) is 2. The lowest BCUT2D eigenvalue weighted by Gasteiger charge is -2.00. The molecule has 2 N–H and O–H groups in total. The first-order chi connectivity index (χ1) is 9.75. The average molecular weight is 264 g/mol.